The molecular formula is C14H15BrClNS. The quantitative estimate of drug-likeness (QED) is 0.818. The van der Waals surface area contributed by atoms with Crippen molar-refractivity contribution in [2.45, 2.75) is 19.9 Å². The van der Waals surface area contributed by atoms with Gasteiger partial charge in [-0.3, -0.25) is 0 Å². The van der Waals surface area contributed by atoms with Gasteiger partial charge in [-0.15, -0.1) is 11.3 Å². The zero-order valence-electron chi connectivity index (χ0n) is 10.6. The lowest BCUT2D eigenvalue weighted by atomic mass is 10.00. The predicted octanol–water partition coefficient (Wildman–Crippen LogP) is 5.09. The van der Waals surface area contributed by atoms with Crippen LogP contribution in [0.15, 0.2) is 28.7 Å². The van der Waals surface area contributed by atoms with Gasteiger partial charge in [0.25, 0.3) is 0 Å². The topological polar surface area (TPSA) is 12.0 Å². The van der Waals surface area contributed by atoms with Gasteiger partial charge in [0.05, 0.1) is 10.4 Å². The number of benzene rings is 1. The van der Waals surface area contributed by atoms with Crippen LogP contribution in [0.3, 0.4) is 0 Å². The lowest BCUT2D eigenvalue weighted by molar-refractivity contribution is 0.698. The van der Waals surface area contributed by atoms with Gasteiger partial charge in [-0.05, 0) is 49.7 Å². The van der Waals surface area contributed by atoms with Crippen LogP contribution < -0.4 is 5.32 Å². The Kier molecular flexibility index (Phi) is 4.49. The van der Waals surface area contributed by atoms with Crippen LogP contribution in [-0.4, -0.2) is 7.05 Å². The van der Waals surface area contributed by atoms with Gasteiger partial charge >= 0.3 is 0 Å². The van der Waals surface area contributed by atoms with Crippen molar-refractivity contribution in [1.29, 1.82) is 0 Å². The molecule has 1 unspecified atom stereocenters. The number of aryl methyl sites for hydroxylation is 1. The Morgan fingerprint density at radius 3 is 2.61 bits per heavy atom. The van der Waals surface area contributed by atoms with Gasteiger partial charge in [-0.25, -0.2) is 0 Å². The fourth-order valence-electron chi connectivity index (χ4n) is 2.01. The second-order valence-corrected chi connectivity index (χ2v) is 6.82. The van der Waals surface area contributed by atoms with Gasteiger partial charge in [0.15, 0.2) is 0 Å². The van der Waals surface area contributed by atoms with Crippen LogP contribution in [0.1, 0.15) is 27.6 Å². The highest BCUT2D eigenvalue weighted by Crippen LogP contribution is 2.36. The minimum Gasteiger partial charge on any atom is -0.309 e. The van der Waals surface area contributed by atoms with E-state index in [1.165, 1.54) is 16.0 Å². The van der Waals surface area contributed by atoms with Crippen LogP contribution in [-0.2, 0) is 0 Å². The van der Waals surface area contributed by atoms with Crippen molar-refractivity contribution in [2.24, 2.45) is 0 Å². The first-order valence-electron chi connectivity index (χ1n) is 5.72. The third-order valence-corrected chi connectivity index (χ3v) is 5.55. The maximum Gasteiger partial charge on any atom is 0.0961 e. The molecule has 18 heavy (non-hydrogen) atoms. The molecule has 1 heterocycles. The highest BCUT2D eigenvalue weighted by molar-refractivity contribution is 9.10. The van der Waals surface area contributed by atoms with Gasteiger partial charge in [0.1, 0.15) is 0 Å². The monoisotopic (exact) mass is 343 g/mol. The van der Waals surface area contributed by atoms with Crippen molar-refractivity contribution in [2.75, 3.05) is 7.05 Å². The van der Waals surface area contributed by atoms with E-state index in [0.29, 0.717) is 0 Å². The number of thiophene rings is 1. The predicted molar refractivity (Wildman–Crippen MR) is 83.8 cm³/mol. The molecule has 0 bridgehead atoms. The van der Waals surface area contributed by atoms with Crippen molar-refractivity contribution in [3.05, 3.63) is 54.6 Å². The molecule has 0 amide bonds. The third-order valence-electron chi connectivity index (χ3n) is 3.07. The van der Waals surface area contributed by atoms with E-state index in [2.05, 4.69) is 52.4 Å². The number of rotatable bonds is 3. The molecule has 4 heteroatoms. The maximum atomic E-state index is 6.17. The Hall–Kier alpha value is -0.350. The van der Waals surface area contributed by atoms with Crippen LogP contribution in [0, 0.1) is 13.8 Å². The Morgan fingerprint density at radius 2 is 2.06 bits per heavy atom. The number of nitrogens with one attached hydrogen (secondary N) is 1. The molecule has 0 aliphatic heterocycles. The minimum atomic E-state index is 0.193. The molecule has 1 nitrogen and oxygen atoms in total. The SMILES string of the molecule is CNC(c1cc(C)c(Cl)s1)c1cccc(Br)c1C. The van der Waals surface area contributed by atoms with Crippen molar-refractivity contribution < 1.29 is 0 Å². The zero-order valence-corrected chi connectivity index (χ0v) is 13.7. The minimum absolute atomic E-state index is 0.193. The van der Waals surface area contributed by atoms with Crippen LogP contribution in [0.25, 0.3) is 0 Å². The normalized spacial score (nSPS) is 12.7. The Morgan fingerprint density at radius 1 is 1.33 bits per heavy atom. The van der Waals surface area contributed by atoms with E-state index >= 15 is 0 Å². The molecule has 0 radical (unpaired) electrons. The van der Waals surface area contributed by atoms with Crippen molar-refractivity contribution >= 4 is 38.9 Å². The van der Waals surface area contributed by atoms with Gasteiger partial charge in [0.2, 0.25) is 0 Å². The summed E-state index contributed by atoms with van der Waals surface area (Å²) in [4.78, 5) is 1.25. The molecule has 0 aliphatic carbocycles. The molecule has 2 aromatic rings. The first kappa shape index (κ1) is 14.1. The molecule has 96 valence electrons. The first-order valence-corrected chi connectivity index (χ1v) is 7.71. The average Bonchev–Trinajstić information content (AvgIpc) is 2.66. The van der Waals surface area contributed by atoms with E-state index < -0.39 is 0 Å². The lowest BCUT2D eigenvalue weighted by Crippen LogP contribution is -2.17. The van der Waals surface area contributed by atoms with E-state index in [1.54, 1.807) is 11.3 Å². The second-order valence-electron chi connectivity index (χ2n) is 4.28. The number of hydrogen-bond acceptors (Lipinski definition) is 2. The van der Waals surface area contributed by atoms with Crippen molar-refractivity contribution in [3.63, 3.8) is 0 Å². The summed E-state index contributed by atoms with van der Waals surface area (Å²) in [5.41, 5.74) is 3.69. The van der Waals surface area contributed by atoms with E-state index in [0.717, 1.165) is 14.4 Å². The molecule has 0 saturated carbocycles. The van der Waals surface area contributed by atoms with E-state index in [-0.39, 0.29) is 6.04 Å². The third kappa shape index (κ3) is 2.64. The number of halogens is 2. The molecule has 1 aromatic heterocycles. The highest BCUT2D eigenvalue weighted by Gasteiger charge is 2.18. The summed E-state index contributed by atoms with van der Waals surface area (Å²) in [6.07, 6.45) is 0. The summed E-state index contributed by atoms with van der Waals surface area (Å²) < 4.78 is 2.01. The smallest absolute Gasteiger partial charge is 0.0961 e. The Labute approximate surface area is 125 Å². The summed E-state index contributed by atoms with van der Waals surface area (Å²) in [6, 6.07) is 8.65. The Bertz CT molecular complexity index is 545. The van der Waals surface area contributed by atoms with E-state index in [9.17, 15) is 0 Å². The zero-order chi connectivity index (χ0) is 13.3. The summed E-state index contributed by atoms with van der Waals surface area (Å²) in [5, 5.41) is 3.37. The van der Waals surface area contributed by atoms with Crippen LogP contribution in [0.4, 0.5) is 0 Å². The molecule has 0 aliphatic rings. The van der Waals surface area contributed by atoms with Gasteiger partial charge in [-0.1, -0.05) is 39.7 Å². The van der Waals surface area contributed by atoms with E-state index in [4.69, 9.17) is 11.6 Å². The standard InChI is InChI=1S/C14H15BrClNS/c1-8-7-12(18-14(8)16)13(17-3)10-5-4-6-11(15)9(10)2/h4-7,13,17H,1-3H3. The first-order chi connectivity index (χ1) is 8.54. The van der Waals surface area contributed by atoms with E-state index in [1.807, 2.05) is 14.0 Å². The fraction of sp³-hybridized carbons (Fsp3) is 0.286. The fourth-order valence-corrected chi connectivity index (χ4v) is 3.74. The van der Waals surface area contributed by atoms with Gasteiger partial charge in [-0.2, -0.15) is 0 Å². The summed E-state index contributed by atoms with van der Waals surface area (Å²) >= 11 is 11.4. The summed E-state index contributed by atoms with van der Waals surface area (Å²) in [6.45, 7) is 4.18. The molecule has 1 atom stereocenters. The summed E-state index contributed by atoms with van der Waals surface area (Å²) in [5.74, 6) is 0. The van der Waals surface area contributed by atoms with Crippen molar-refractivity contribution in [1.82, 2.24) is 5.32 Å². The van der Waals surface area contributed by atoms with Crippen LogP contribution >= 0.6 is 38.9 Å². The lowest BCUT2D eigenvalue weighted by Gasteiger charge is -2.18. The van der Waals surface area contributed by atoms with Gasteiger partial charge in [0, 0.05) is 9.35 Å². The average molecular weight is 345 g/mol. The maximum absolute atomic E-state index is 6.17. The van der Waals surface area contributed by atoms with Crippen LogP contribution in [0.5, 0.6) is 0 Å². The summed E-state index contributed by atoms with van der Waals surface area (Å²) in [7, 11) is 1.98. The molecule has 0 saturated heterocycles. The molecular weight excluding hydrogens is 330 g/mol. The van der Waals surface area contributed by atoms with Gasteiger partial charge < -0.3 is 5.32 Å². The molecule has 1 N–H and O–H groups in total. The number of hydrogen-bond donors (Lipinski definition) is 1. The Balaban J connectivity index is 2.48. The highest BCUT2D eigenvalue weighted by atomic mass is 79.9. The molecule has 1 aromatic carbocycles. The largest absolute Gasteiger partial charge is 0.309 e. The molecule has 0 spiro atoms. The molecule has 2 rings (SSSR count). The molecule has 0 fully saturated rings. The second kappa shape index (κ2) is 5.74. The van der Waals surface area contributed by atoms with Crippen molar-refractivity contribution in [3.8, 4) is 0 Å². The van der Waals surface area contributed by atoms with Crippen LogP contribution in [0.2, 0.25) is 4.34 Å².